The Balaban J connectivity index is 1.42. The monoisotopic (exact) mass is 595 g/mol. The first kappa shape index (κ1) is 31.6. The standard InChI is InChI=1S/C37H41NO6/c38-34(39)22-21-32-35(41-24-29-15-7-2-8-16-29)37(43-26-31-19-11-4-12-20-31)36(42-25-30-17-9-3-10-18-30)33(44-32)27-40-23-28-13-5-1-6-14-28/h1-20,32-33,35-37H,21-27H2,(H2,38,39)/t32-,33-,35+,36-,37-/m1/s1. The van der Waals surface area contributed by atoms with Crippen molar-refractivity contribution in [3.8, 4) is 0 Å². The van der Waals surface area contributed by atoms with Gasteiger partial charge in [-0.1, -0.05) is 121 Å². The Hall–Kier alpha value is -3.85. The molecule has 1 aliphatic rings. The van der Waals surface area contributed by atoms with Crippen molar-refractivity contribution in [3.63, 3.8) is 0 Å². The SMILES string of the molecule is NC(=O)CC[C@H]1O[C@H](COCc2ccccc2)[C@@H](OCc2ccccc2)[C@H](OCc2ccccc2)[C@H]1OCc1ccccc1. The molecule has 0 bridgehead atoms. The van der Waals surface area contributed by atoms with Gasteiger partial charge in [-0.25, -0.2) is 0 Å². The van der Waals surface area contributed by atoms with E-state index in [9.17, 15) is 4.79 Å². The number of hydrogen-bond acceptors (Lipinski definition) is 6. The number of ether oxygens (including phenoxy) is 5. The van der Waals surface area contributed by atoms with Gasteiger partial charge in [0.05, 0.1) is 39.1 Å². The lowest BCUT2D eigenvalue weighted by Crippen LogP contribution is -2.61. The van der Waals surface area contributed by atoms with Crippen molar-refractivity contribution < 1.29 is 28.5 Å². The molecule has 0 spiro atoms. The highest BCUT2D eigenvalue weighted by molar-refractivity contribution is 5.73. The normalized spacial score (nSPS) is 21.6. The largest absolute Gasteiger partial charge is 0.374 e. The van der Waals surface area contributed by atoms with Crippen LogP contribution >= 0.6 is 0 Å². The Morgan fingerprint density at radius 2 is 0.932 bits per heavy atom. The molecule has 1 aliphatic heterocycles. The van der Waals surface area contributed by atoms with Gasteiger partial charge in [0.1, 0.15) is 24.4 Å². The molecule has 0 aliphatic carbocycles. The molecule has 0 aromatic heterocycles. The lowest BCUT2D eigenvalue weighted by Gasteiger charge is -2.46. The van der Waals surface area contributed by atoms with Gasteiger partial charge in [-0.05, 0) is 28.7 Å². The third kappa shape index (κ3) is 9.58. The third-order valence-electron chi connectivity index (χ3n) is 7.65. The van der Waals surface area contributed by atoms with Crippen LogP contribution in [0.25, 0.3) is 0 Å². The molecule has 1 heterocycles. The molecule has 7 nitrogen and oxygen atoms in total. The van der Waals surface area contributed by atoms with Gasteiger partial charge in [0.2, 0.25) is 5.91 Å². The summed E-state index contributed by atoms with van der Waals surface area (Å²) in [7, 11) is 0. The molecule has 44 heavy (non-hydrogen) atoms. The summed E-state index contributed by atoms with van der Waals surface area (Å²) in [6, 6.07) is 40.0. The minimum absolute atomic E-state index is 0.161. The molecule has 1 fully saturated rings. The van der Waals surface area contributed by atoms with Crippen LogP contribution in [0, 0.1) is 0 Å². The molecule has 1 amide bonds. The van der Waals surface area contributed by atoms with E-state index in [4.69, 9.17) is 29.4 Å². The van der Waals surface area contributed by atoms with Crippen LogP contribution in [0.5, 0.6) is 0 Å². The van der Waals surface area contributed by atoms with E-state index in [0.717, 1.165) is 22.3 Å². The number of primary amides is 1. The topological polar surface area (TPSA) is 89.2 Å². The Morgan fingerprint density at radius 1 is 0.545 bits per heavy atom. The van der Waals surface area contributed by atoms with Gasteiger partial charge in [0.25, 0.3) is 0 Å². The zero-order chi connectivity index (χ0) is 30.4. The van der Waals surface area contributed by atoms with Crippen LogP contribution in [-0.2, 0) is 54.9 Å². The van der Waals surface area contributed by atoms with Crippen molar-refractivity contribution >= 4 is 5.91 Å². The number of carbonyl (C=O) groups is 1. The summed E-state index contributed by atoms with van der Waals surface area (Å²) in [6.07, 6.45) is -1.94. The first-order valence-corrected chi connectivity index (χ1v) is 15.2. The highest BCUT2D eigenvalue weighted by Gasteiger charge is 2.48. The molecule has 230 valence electrons. The number of benzene rings is 4. The van der Waals surface area contributed by atoms with Crippen molar-refractivity contribution in [2.45, 2.75) is 69.8 Å². The van der Waals surface area contributed by atoms with Gasteiger partial charge >= 0.3 is 0 Å². The summed E-state index contributed by atoms with van der Waals surface area (Å²) in [6.45, 7) is 1.79. The second-order valence-electron chi connectivity index (χ2n) is 11.0. The van der Waals surface area contributed by atoms with E-state index in [1.165, 1.54) is 0 Å². The van der Waals surface area contributed by atoms with Gasteiger partial charge in [0.15, 0.2) is 0 Å². The molecule has 0 saturated carbocycles. The summed E-state index contributed by atoms with van der Waals surface area (Å²) < 4.78 is 32.8. The van der Waals surface area contributed by atoms with E-state index in [1.54, 1.807) is 0 Å². The predicted octanol–water partition coefficient (Wildman–Crippen LogP) is 5.99. The number of rotatable bonds is 16. The molecule has 4 aromatic rings. The van der Waals surface area contributed by atoms with Crippen molar-refractivity contribution in [1.82, 2.24) is 0 Å². The summed E-state index contributed by atoms with van der Waals surface area (Å²) >= 11 is 0. The lowest BCUT2D eigenvalue weighted by atomic mass is 9.91. The molecule has 7 heteroatoms. The van der Waals surface area contributed by atoms with E-state index >= 15 is 0 Å². The first-order chi connectivity index (χ1) is 21.7. The Labute approximate surface area is 259 Å². The number of carbonyl (C=O) groups excluding carboxylic acids is 1. The second-order valence-corrected chi connectivity index (χ2v) is 11.0. The van der Waals surface area contributed by atoms with Crippen LogP contribution in [-0.4, -0.2) is 43.0 Å². The zero-order valence-electron chi connectivity index (χ0n) is 24.9. The van der Waals surface area contributed by atoms with Crippen molar-refractivity contribution in [1.29, 1.82) is 0 Å². The summed E-state index contributed by atoms with van der Waals surface area (Å²) in [5, 5.41) is 0. The molecule has 5 rings (SSSR count). The minimum Gasteiger partial charge on any atom is -0.374 e. The van der Waals surface area contributed by atoms with E-state index < -0.39 is 36.4 Å². The molecular weight excluding hydrogens is 554 g/mol. The highest BCUT2D eigenvalue weighted by atomic mass is 16.6. The van der Waals surface area contributed by atoms with E-state index in [1.807, 2.05) is 121 Å². The Kier molecular flexibility index (Phi) is 12.1. The molecule has 2 N–H and O–H groups in total. The average molecular weight is 596 g/mol. The summed E-state index contributed by atoms with van der Waals surface area (Å²) in [5.41, 5.74) is 9.76. The summed E-state index contributed by atoms with van der Waals surface area (Å²) in [5.74, 6) is -0.392. The number of hydrogen-bond donors (Lipinski definition) is 1. The molecule has 0 radical (unpaired) electrons. The molecule has 0 unspecified atom stereocenters. The smallest absolute Gasteiger partial charge is 0.217 e. The second kappa shape index (κ2) is 16.9. The zero-order valence-corrected chi connectivity index (χ0v) is 24.9. The lowest BCUT2D eigenvalue weighted by molar-refractivity contribution is -0.273. The van der Waals surface area contributed by atoms with Crippen molar-refractivity contribution in [2.75, 3.05) is 6.61 Å². The van der Waals surface area contributed by atoms with Gasteiger partial charge < -0.3 is 29.4 Å². The van der Waals surface area contributed by atoms with E-state index in [-0.39, 0.29) is 13.0 Å². The van der Waals surface area contributed by atoms with Gasteiger partial charge in [0, 0.05) is 6.42 Å². The van der Waals surface area contributed by atoms with Crippen LogP contribution in [0.4, 0.5) is 0 Å². The predicted molar refractivity (Wildman–Crippen MR) is 168 cm³/mol. The van der Waals surface area contributed by atoms with E-state index in [2.05, 4.69) is 0 Å². The van der Waals surface area contributed by atoms with Crippen molar-refractivity contribution in [2.24, 2.45) is 5.73 Å². The van der Waals surface area contributed by atoms with Crippen LogP contribution < -0.4 is 5.73 Å². The van der Waals surface area contributed by atoms with Crippen LogP contribution in [0.15, 0.2) is 121 Å². The fourth-order valence-electron chi connectivity index (χ4n) is 5.40. The molecule has 5 atom stereocenters. The summed E-state index contributed by atoms with van der Waals surface area (Å²) in [4.78, 5) is 11.9. The Morgan fingerprint density at radius 3 is 1.36 bits per heavy atom. The highest BCUT2D eigenvalue weighted by Crippen LogP contribution is 2.33. The maximum Gasteiger partial charge on any atom is 0.217 e. The van der Waals surface area contributed by atoms with Crippen LogP contribution in [0.2, 0.25) is 0 Å². The Bertz CT molecular complexity index is 1370. The van der Waals surface area contributed by atoms with Gasteiger partial charge in [-0.3, -0.25) is 4.79 Å². The quantitative estimate of drug-likeness (QED) is 0.171. The fraction of sp³-hybridized carbons (Fsp3) is 0.324. The van der Waals surface area contributed by atoms with E-state index in [0.29, 0.717) is 32.8 Å². The van der Waals surface area contributed by atoms with Crippen LogP contribution in [0.1, 0.15) is 35.1 Å². The molecule has 1 saturated heterocycles. The fourth-order valence-corrected chi connectivity index (χ4v) is 5.40. The van der Waals surface area contributed by atoms with Gasteiger partial charge in [-0.2, -0.15) is 0 Å². The number of amides is 1. The maximum atomic E-state index is 11.9. The maximum absolute atomic E-state index is 11.9. The van der Waals surface area contributed by atoms with Gasteiger partial charge in [-0.15, -0.1) is 0 Å². The molecular formula is C37H41NO6. The van der Waals surface area contributed by atoms with Crippen LogP contribution in [0.3, 0.4) is 0 Å². The first-order valence-electron chi connectivity index (χ1n) is 15.2. The minimum atomic E-state index is -0.524. The van der Waals surface area contributed by atoms with Crippen molar-refractivity contribution in [3.05, 3.63) is 144 Å². The number of nitrogens with two attached hydrogens (primary N) is 1. The molecule has 4 aromatic carbocycles. The third-order valence-corrected chi connectivity index (χ3v) is 7.65. The average Bonchev–Trinajstić information content (AvgIpc) is 3.07.